The molecule has 20 unspecified atom stereocenters. The Morgan fingerprint density at radius 2 is 1.55 bits per heavy atom. The summed E-state index contributed by atoms with van der Waals surface area (Å²) in [5.41, 5.74) is -0.187. The van der Waals surface area contributed by atoms with Crippen molar-refractivity contribution in [3.8, 4) is 0 Å². The van der Waals surface area contributed by atoms with Gasteiger partial charge in [-0.25, -0.2) is 0 Å². The molecule has 0 spiro atoms. The molecule has 14 heteroatoms. The van der Waals surface area contributed by atoms with Crippen molar-refractivity contribution in [2.75, 3.05) is 26.9 Å². The van der Waals surface area contributed by atoms with Gasteiger partial charge < -0.3 is 69.6 Å². The third-order valence-corrected chi connectivity index (χ3v) is 15.1. The molecule has 14 nitrogen and oxygen atoms in total. The topological polar surface area (TPSA) is 228 Å². The Bertz CT molecular complexity index is 1300. The molecular formula is C39H66O14. The van der Waals surface area contributed by atoms with Gasteiger partial charge in [-0.15, -0.1) is 0 Å². The van der Waals surface area contributed by atoms with Crippen LogP contribution in [0.3, 0.4) is 0 Å². The van der Waals surface area contributed by atoms with Gasteiger partial charge in [0.1, 0.15) is 36.6 Å². The molecule has 4 saturated carbocycles. The van der Waals surface area contributed by atoms with Gasteiger partial charge in [0.25, 0.3) is 0 Å². The highest BCUT2D eigenvalue weighted by Gasteiger charge is 2.72. The van der Waals surface area contributed by atoms with Crippen LogP contribution in [0.5, 0.6) is 0 Å². The number of allylic oxidation sites excluding steroid dienone is 1. The zero-order chi connectivity index (χ0) is 38.8. The summed E-state index contributed by atoms with van der Waals surface area (Å²) >= 11 is 0. The molecule has 4 aliphatic carbocycles. The van der Waals surface area contributed by atoms with E-state index in [1.54, 1.807) is 0 Å². The molecule has 2 aliphatic heterocycles. The first kappa shape index (κ1) is 41.8. The molecule has 9 N–H and O–H groups in total. The van der Waals surface area contributed by atoms with Crippen molar-refractivity contribution >= 4 is 0 Å². The maximum atomic E-state index is 12.8. The van der Waals surface area contributed by atoms with Crippen LogP contribution >= 0.6 is 0 Å². The van der Waals surface area contributed by atoms with Gasteiger partial charge in [0.15, 0.2) is 12.6 Å². The maximum absolute atomic E-state index is 12.8. The zero-order valence-electron chi connectivity index (χ0n) is 32.2. The molecule has 2 heterocycles. The molecular weight excluding hydrogens is 692 g/mol. The fourth-order valence-corrected chi connectivity index (χ4v) is 12.1. The lowest BCUT2D eigenvalue weighted by Gasteiger charge is -2.66. The standard InChI is InChI=1S/C39H66O14/c1-18(20(3)16-50-35-32(47)31(46)26(15-40)53-35)7-8-19(2)21-13-22(41)34-37(21,4)12-10-27-38(5)11-9-25(30(45)28(38)23(42)14-39(27,34)48)52-36-33(49-6)29(44)24(43)17-51-36/h19,21-36,40-48H,7-17H2,1-6H3. The number of hydrogen-bond donors (Lipinski definition) is 9. The summed E-state index contributed by atoms with van der Waals surface area (Å²) < 4.78 is 28.4. The minimum absolute atomic E-state index is 0.0438. The van der Waals surface area contributed by atoms with E-state index in [9.17, 15) is 46.0 Å². The lowest BCUT2D eigenvalue weighted by molar-refractivity contribution is -0.320. The fourth-order valence-electron chi connectivity index (χ4n) is 12.1. The monoisotopic (exact) mass is 758 g/mol. The Hall–Kier alpha value is -0.820. The molecule has 6 fully saturated rings. The first-order valence-electron chi connectivity index (χ1n) is 19.7. The highest BCUT2D eigenvalue weighted by atomic mass is 16.7. The van der Waals surface area contributed by atoms with Gasteiger partial charge in [0.2, 0.25) is 0 Å². The van der Waals surface area contributed by atoms with Gasteiger partial charge in [-0.2, -0.15) is 0 Å². The second kappa shape index (κ2) is 15.8. The number of fused-ring (bicyclic) bond motifs is 5. The molecule has 2 saturated heterocycles. The van der Waals surface area contributed by atoms with Gasteiger partial charge in [-0.1, -0.05) is 26.3 Å². The van der Waals surface area contributed by atoms with E-state index in [-0.39, 0.29) is 42.8 Å². The van der Waals surface area contributed by atoms with Crippen molar-refractivity contribution < 1.29 is 69.6 Å². The van der Waals surface area contributed by atoms with Gasteiger partial charge in [0.05, 0.1) is 49.8 Å². The molecule has 0 aromatic carbocycles. The van der Waals surface area contributed by atoms with Crippen molar-refractivity contribution in [3.05, 3.63) is 11.1 Å². The molecule has 0 aromatic heterocycles. The molecule has 6 rings (SSSR count). The summed E-state index contributed by atoms with van der Waals surface area (Å²) in [7, 11) is 1.39. The molecule has 0 amide bonds. The third-order valence-electron chi connectivity index (χ3n) is 15.1. The summed E-state index contributed by atoms with van der Waals surface area (Å²) in [6.45, 7) is 10.1. The zero-order valence-corrected chi connectivity index (χ0v) is 32.2. The molecule has 306 valence electrons. The Kier molecular flexibility index (Phi) is 12.5. The number of hydrogen-bond acceptors (Lipinski definition) is 14. The van der Waals surface area contributed by atoms with E-state index in [4.69, 9.17) is 23.7 Å². The summed E-state index contributed by atoms with van der Waals surface area (Å²) in [5, 5.41) is 98.3. The highest BCUT2D eigenvalue weighted by molar-refractivity contribution is 5.21. The van der Waals surface area contributed by atoms with Crippen LogP contribution in [0.2, 0.25) is 0 Å². The van der Waals surface area contributed by atoms with Gasteiger partial charge in [-0.3, -0.25) is 0 Å². The van der Waals surface area contributed by atoms with Gasteiger partial charge in [0, 0.05) is 25.4 Å². The predicted octanol–water partition coefficient (Wildman–Crippen LogP) is 0.359. The van der Waals surface area contributed by atoms with Crippen LogP contribution in [0, 0.1) is 40.4 Å². The molecule has 0 bridgehead atoms. The molecule has 20 atom stereocenters. The Morgan fingerprint density at radius 3 is 2.21 bits per heavy atom. The largest absolute Gasteiger partial charge is 0.394 e. The van der Waals surface area contributed by atoms with Crippen LogP contribution in [0.15, 0.2) is 11.1 Å². The van der Waals surface area contributed by atoms with Crippen LogP contribution in [0.4, 0.5) is 0 Å². The van der Waals surface area contributed by atoms with Crippen molar-refractivity contribution in [2.24, 2.45) is 40.4 Å². The minimum Gasteiger partial charge on any atom is -0.394 e. The Labute approximate surface area is 313 Å². The predicted molar refractivity (Wildman–Crippen MR) is 189 cm³/mol. The number of aliphatic hydroxyl groups excluding tert-OH is 8. The maximum Gasteiger partial charge on any atom is 0.187 e. The van der Waals surface area contributed by atoms with Crippen molar-refractivity contribution in [1.29, 1.82) is 0 Å². The first-order chi connectivity index (χ1) is 24.9. The number of ether oxygens (including phenoxy) is 5. The lowest BCUT2D eigenvalue weighted by Crippen LogP contribution is -2.71. The summed E-state index contributed by atoms with van der Waals surface area (Å²) in [6, 6.07) is 0. The molecule has 0 aromatic rings. The number of aliphatic hydroxyl groups is 9. The second-order valence-corrected chi connectivity index (χ2v) is 18.0. The average Bonchev–Trinajstić information content (AvgIpc) is 3.55. The van der Waals surface area contributed by atoms with Crippen LogP contribution in [0.1, 0.15) is 86.0 Å². The van der Waals surface area contributed by atoms with E-state index in [0.29, 0.717) is 25.7 Å². The summed E-state index contributed by atoms with van der Waals surface area (Å²) in [6.07, 6.45) is -7.42. The smallest absolute Gasteiger partial charge is 0.187 e. The van der Waals surface area contributed by atoms with Crippen LogP contribution in [-0.4, -0.2) is 152 Å². The van der Waals surface area contributed by atoms with Crippen LogP contribution < -0.4 is 0 Å². The Balaban J connectivity index is 1.11. The van der Waals surface area contributed by atoms with Crippen molar-refractivity contribution in [2.45, 2.75) is 165 Å². The normalized spacial score (nSPS) is 52.4. The van der Waals surface area contributed by atoms with Crippen LogP contribution in [-0.2, 0) is 23.7 Å². The molecule has 0 radical (unpaired) electrons. The Morgan fingerprint density at radius 1 is 0.849 bits per heavy atom. The summed E-state index contributed by atoms with van der Waals surface area (Å²) in [4.78, 5) is 0. The summed E-state index contributed by atoms with van der Waals surface area (Å²) in [5.74, 6) is -0.900. The van der Waals surface area contributed by atoms with Gasteiger partial charge in [-0.05, 0) is 93.0 Å². The van der Waals surface area contributed by atoms with E-state index in [1.165, 1.54) is 7.11 Å². The fraction of sp³-hybridized carbons (Fsp3) is 0.949. The van der Waals surface area contributed by atoms with Crippen molar-refractivity contribution in [3.63, 3.8) is 0 Å². The number of methoxy groups -OCH3 is 1. The van der Waals surface area contributed by atoms with E-state index in [1.807, 2.05) is 13.8 Å². The van der Waals surface area contributed by atoms with Gasteiger partial charge >= 0.3 is 0 Å². The quantitative estimate of drug-likeness (QED) is 0.102. The lowest BCUT2D eigenvalue weighted by atomic mass is 9.41. The SMILES string of the molecule is COC1C(OC2CCC3(C)C(C(O)CC4(O)C3CCC3(C)C(C(C)CCC(C)=C(C)COC5OC(CO)C(O)C5O)CC(O)C34)C2O)OCC(O)C1O. The molecule has 53 heavy (non-hydrogen) atoms. The van der Waals surface area contributed by atoms with E-state index < -0.39 is 103 Å². The highest BCUT2D eigenvalue weighted by Crippen LogP contribution is 2.70. The van der Waals surface area contributed by atoms with Crippen LogP contribution in [0.25, 0.3) is 0 Å². The van der Waals surface area contributed by atoms with Crippen molar-refractivity contribution in [1.82, 2.24) is 0 Å². The minimum atomic E-state index is -1.33. The van der Waals surface area contributed by atoms with E-state index >= 15 is 0 Å². The first-order valence-corrected chi connectivity index (χ1v) is 19.7. The van der Waals surface area contributed by atoms with E-state index in [2.05, 4.69) is 20.8 Å². The average molecular weight is 759 g/mol. The third kappa shape index (κ3) is 7.19. The second-order valence-electron chi connectivity index (χ2n) is 18.0. The van der Waals surface area contributed by atoms with E-state index in [0.717, 1.165) is 30.4 Å². The number of rotatable bonds is 11. The molecule has 6 aliphatic rings.